The van der Waals surface area contributed by atoms with E-state index in [4.69, 9.17) is 15.0 Å². The SMILES string of the molecule is Nc1ncnc2c1nc(Br)n2C1O[C@H]2COP(=O)([O-])O[C@@H]2[C@@H]1O.[Na+]. The van der Waals surface area contributed by atoms with Gasteiger partial charge >= 0.3 is 29.6 Å². The van der Waals surface area contributed by atoms with Gasteiger partial charge in [0.25, 0.3) is 7.82 Å². The Morgan fingerprint density at radius 3 is 3.00 bits per heavy atom. The molecule has 11 nitrogen and oxygen atoms in total. The van der Waals surface area contributed by atoms with Gasteiger partial charge in [0.15, 0.2) is 27.9 Å². The molecule has 0 amide bonds. The zero-order chi connectivity index (χ0) is 16.4. The molecule has 0 aromatic carbocycles. The molecule has 2 saturated heterocycles. The number of phosphoric ester groups is 1. The summed E-state index contributed by atoms with van der Waals surface area (Å²) in [5.41, 5.74) is 6.41. The van der Waals surface area contributed by atoms with Crippen LogP contribution in [-0.4, -0.2) is 49.5 Å². The molecular weight excluding hydrogens is 420 g/mol. The zero-order valence-electron chi connectivity index (χ0n) is 12.3. The van der Waals surface area contributed by atoms with Crippen molar-refractivity contribution in [2.24, 2.45) is 0 Å². The van der Waals surface area contributed by atoms with Crippen LogP contribution in [0.15, 0.2) is 11.1 Å². The maximum atomic E-state index is 11.4. The van der Waals surface area contributed by atoms with Gasteiger partial charge in [-0.25, -0.2) is 15.0 Å². The Bertz CT molecular complexity index is 837. The molecule has 0 spiro atoms. The van der Waals surface area contributed by atoms with Gasteiger partial charge in [0.1, 0.15) is 24.6 Å². The molecule has 3 N–H and O–H groups in total. The van der Waals surface area contributed by atoms with Crippen molar-refractivity contribution in [3.8, 4) is 0 Å². The third-order valence-corrected chi connectivity index (χ3v) is 5.20. The topological polar surface area (TPSA) is 158 Å². The molecule has 0 saturated carbocycles. The standard InChI is InChI=1S/C10H11BrN5O6P.Na/c11-10-15-4-7(12)13-2-14-8(4)16(10)9-5(17)6-3(21-9)1-20-23(18,19)22-6;/h2-3,5-6,9,17H,1H2,(H,18,19)(H2,12,13,14);/q;+1/p-1/t3-,5-,6-,9?;/m0./s1. The smallest absolute Gasteiger partial charge is 0.756 e. The van der Waals surface area contributed by atoms with Crippen molar-refractivity contribution in [2.75, 3.05) is 12.3 Å². The molecule has 0 bridgehead atoms. The van der Waals surface area contributed by atoms with Gasteiger partial charge in [0.05, 0.1) is 6.61 Å². The van der Waals surface area contributed by atoms with Crippen molar-refractivity contribution in [1.82, 2.24) is 19.5 Å². The number of nitrogen functional groups attached to an aromatic ring is 1. The summed E-state index contributed by atoms with van der Waals surface area (Å²) in [5, 5.41) is 10.4. The van der Waals surface area contributed by atoms with E-state index in [0.29, 0.717) is 15.9 Å². The Morgan fingerprint density at radius 2 is 2.25 bits per heavy atom. The van der Waals surface area contributed by atoms with Gasteiger partial charge in [-0.1, -0.05) is 0 Å². The molecule has 4 heterocycles. The molecule has 24 heavy (non-hydrogen) atoms. The van der Waals surface area contributed by atoms with Gasteiger partial charge in [-0.3, -0.25) is 9.13 Å². The maximum absolute atomic E-state index is 11.4. The van der Waals surface area contributed by atoms with Crippen LogP contribution in [0.25, 0.3) is 11.2 Å². The van der Waals surface area contributed by atoms with Crippen LogP contribution in [0.5, 0.6) is 0 Å². The molecule has 2 aromatic heterocycles. The number of anilines is 1. The van der Waals surface area contributed by atoms with Crippen LogP contribution in [0.2, 0.25) is 0 Å². The predicted molar refractivity (Wildman–Crippen MR) is 75.8 cm³/mol. The number of nitrogens with zero attached hydrogens (tertiary/aromatic N) is 4. The Morgan fingerprint density at radius 1 is 1.50 bits per heavy atom. The van der Waals surface area contributed by atoms with Gasteiger partial charge in [-0.05, 0) is 15.9 Å². The van der Waals surface area contributed by atoms with E-state index < -0.39 is 32.4 Å². The van der Waals surface area contributed by atoms with Crippen molar-refractivity contribution >= 4 is 40.7 Å². The quantitative estimate of drug-likeness (QED) is 0.262. The molecule has 2 aliphatic rings. The van der Waals surface area contributed by atoms with E-state index in [1.165, 1.54) is 10.9 Å². The van der Waals surface area contributed by atoms with E-state index in [9.17, 15) is 14.6 Å². The second-order valence-electron chi connectivity index (χ2n) is 5.05. The number of nitrogens with two attached hydrogens (primary N) is 1. The average molecular weight is 430 g/mol. The Labute approximate surface area is 165 Å². The summed E-state index contributed by atoms with van der Waals surface area (Å²) in [5.74, 6) is 0.169. The number of aliphatic hydroxyl groups excluding tert-OH is 1. The number of halogens is 1. The van der Waals surface area contributed by atoms with Gasteiger partial charge in [-0.2, -0.15) is 0 Å². The van der Waals surface area contributed by atoms with Gasteiger partial charge in [0, 0.05) is 0 Å². The fourth-order valence-electron chi connectivity index (χ4n) is 2.67. The van der Waals surface area contributed by atoms with Crippen molar-refractivity contribution in [1.29, 1.82) is 0 Å². The minimum absolute atomic E-state index is 0. The number of hydrogen-bond donors (Lipinski definition) is 2. The molecule has 0 radical (unpaired) electrons. The van der Waals surface area contributed by atoms with Crippen LogP contribution < -0.4 is 40.2 Å². The molecule has 5 atom stereocenters. The van der Waals surface area contributed by atoms with Crippen LogP contribution >= 0.6 is 23.8 Å². The molecule has 14 heteroatoms. The third kappa shape index (κ3) is 2.94. The number of hydrogen-bond acceptors (Lipinski definition) is 10. The van der Waals surface area contributed by atoms with Gasteiger partial charge < -0.3 is 29.5 Å². The number of imidazole rings is 1. The van der Waals surface area contributed by atoms with Crippen LogP contribution in [0, 0.1) is 0 Å². The summed E-state index contributed by atoms with van der Waals surface area (Å²) in [6.07, 6.45) is -2.80. The molecule has 2 aromatic rings. The molecule has 2 unspecified atom stereocenters. The zero-order valence-corrected chi connectivity index (χ0v) is 16.8. The molecular formula is C10H10BrN5NaO6P. The van der Waals surface area contributed by atoms with Crippen molar-refractivity contribution in [2.45, 2.75) is 24.5 Å². The molecule has 4 rings (SSSR count). The number of fused-ring (bicyclic) bond motifs is 2. The monoisotopic (exact) mass is 429 g/mol. The van der Waals surface area contributed by atoms with E-state index in [2.05, 4.69) is 35.4 Å². The van der Waals surface area contributed by atoms with Crippen LogP contribution in [0.1, 0.15) is 6.23 Å². The first kappa shape index (κ1) is 18.6. The summed E-state index contributed by atoms with van der Waals surface area (Å²) < 4.78 is 28.2. The van der Waals surface area contributed by atoms with Crippen LogP contribution in [0.3, 0.4) is 0 Å². The van der Waals surface area contributed by atoms with E-state index >= 15 is 0 Å². The number of ether oxygens (including phenoxy) is 1. The fourth-order valence-corrected chi connectivity index (χ4v) is 4.16. The number of aromatic nitrogens is 4. The van der Waals surface area contributed by atoms with Gasteiger partial charge in [0.2, 0.25) is 0 Å². The fraction of sp³-hybridized carbons (Fsp3) is 0.500. The van der Waals surface area contributed by atoms with E-state index in [1.54, 1.807) is 0 Å². The first-order chi connectivity index (χ1) is 10.9. The summed E-state index contributed by atoms with van der Waals surface area (Å²) in [4.78, 5) is 23.5. The first-order valence-corrected chi connectivity index (χ1v) is 8.74. The predicted octanol–water partition coefficient (Wildman–Crippen LogP) is -3.68. The van der Waals surface area contributed by atoms with Crippen molar-refractivity contribution in [3.63, 3.8) is 0 Å². The molecule has 2 fully saturated rings. The summed E-state index contributed by atoms with van der Waals surface area (Å²) >= 11 is 3.25. The van der Waals surface area contributed by atoms with E-state index in [0.717, 1.165) is 0 Å². The van der Waals surface area contributed by atoms with Crippen molar-refractivity contribution < 1.29 is 57.9 Å². The maximum Gasteiger partial charge on any atom is 1.00 e. The Balaban J connectivity index is 0.00000169. The summed E-state index contributed by atoms with van der Waals surface area (Å²) in [6.45, 7) is -0.236. The van der Waals surface area contributed by atoms with Crippen LogP contribution in [0.4, 0.5) is 5.82 Å². The number of aliphatic hydroxyl groups is 1. The largest absolute Gasteiger partial charge is 1.00 e. The third-order valence-electron chi connectivity index (χ3n) is 3.67. The summed E-state index contributed by atoms with van der Waals surface area (Å²) in [6, 6.07) is 0. The number of phosphoric acid groups is 1. The summed E-state index contributed by atoms with van der Waals surface area (Å²) in [7, 11) is -4.44. The van der Waals surface area contributed by atoms with Gasteiger partial charge in [-0.15, -0.1) is 0 Å². The minimum Gasteiger partial charge on any atom is -0.756 e. The van der Waals surface area contributed by atoms with E-state index in [1.807, 2.05) is 0 Å². The minimum atomic E-state index is -4.44. The van der Waals surface area contributed by atoms with Crippen molar-refractivity contribution in [3.05, 3.63) is 11.1 Å². The first-order valence-electron chi connectivity index (χ1n) is 6.49. The second kappa shape index (κ2) is 6.54. The molecule has 0 aliphatic carbocycles. The van der Waals surface area contributed by atoms with E-state index in [-0.39, 0.29) is 42.0 Å². The normalized spacial score (nSPS) is 35.6. The molecule has 124 valence electrons. The number of rotatable bonds is 1. The second-order valence-corrected chi connectivity index (χ2v) is 7.12. The Hall–Kier alpha value is -0.140. The average Bonchev–Trinajstić information content (AvgIpc) is 2.97. The Kier molecular flexibility index (Phi) is 5.08. The van der Waals surface area contributed by atoms with Crippen LogP contribution in [-0.2, 0) is 18.3 Å². The molecule has 2 aliphatic heterocycles.